The van der Waals surface area contributed by atoms with E-state index >= 15 is 0 Å². The van der Waals surface area contributed by atoms with Crippen molar-refractivity contribution >= 4 is 22.4 Å². The van der Waals surface area contributed by atoms with E-state index in [1.165, 1.54) is 22.9 Å². The molecule has 18 heavy (non-hydrogen) atoms. The number of nitrogen functional groups attached to an aromatic ring is 1. The van der Waals surface area contributed by atoms with Crippen molar-refractivity contribution in [3.8, 4) is 0 Å². The van der Waals surface area contributed by atoms with E-state index < -0.39 is 10.8 Å². The second-order valence-electron chi connectivity index (χ2n) is 4.16. The highest BCUT2D eigenvalue weighted by molar-refractivity contribution is 7.85. The van der Waals surface area contributed by atoms with Crippen LogP contribution >= 0.6 is 0 Å². The van der Waals surface area contributed by atoms with Crippen molar-refractivity contribution in [1.29, 1.82) is 0 Å². The predicted molar refractivity (Wildman–Crippen MR) is 69.6 cm³/mol. The Labute approximate surface area is 107 Å². The molecule has 2 rings (SSSR count). The van der Waals surface area contributed by atoms with Crippen LogP contribution in [0.1, 0.15) is 0 Å². The van der Waals surface area contributed by atoms with E-state index in [1.807, 2.05) is 0 Å². The number of nitrogens with zero attached hydrogens (tertiary/aromatic N) is 2. The quantitative estimate of drug-likeness (QED) is 0.748. The van der Waals surface area contributed by atoms with Gasteiger partial charge >= 0.3 is 0 Å². The van der Waals surface area contributed by atoms with Crippen LogP contribution < -0.4 is 11.3 Å². The molecule has 1 amide bonds. The van der Waals surface area contributed by atoms with Crippen LogP contribution in [0, 0.1) is 0 Å². The zero-order chi connectivity index (χ0) is 13.1. The largest absolute Gasteiger partial charge is 0.398 e. The van der Waals surface area contributed by atoms with Crippen LogP contribution in [0.5, 0.6) is 0 Å². The molecule has 0 saturated carbocycles. The van der Waals surface area contributed by atoms with Crippen LogP contribution in [0.2, 0.25) is 0 Å². The van der Waals surface area contributed by atoms with Gasteiger partial charge in [0.05, 0.1) is 0 Å². The summed E-state index contributed by atoms with van der Waals surface area (Å²) in [5.41, 5.74) is 5.77. The molecule has 2 N–H and O–H groups in total. The SMILES string of the molecule is Nc1ccc(=O)n(CC(=O)N2CCS(=O)CC2)c1. The molecule has 1 aliphatic heterocycles. The Bertz CT molecular complexity index is 531. The fourth-order valence-electron chi connectivity index (χ4n) is 1.81. The number of aromatic nitrogens is 1. The van der Waals surface area contributed by atoms with Gasteiger partial charge < -0.3 is 15.2 Å². The number of nitrogens with two attached hydrogens (primary N) is 1. The first-order valence-corrected chi connectivity index (χ1v) is 7.14. The molecular weight excluding hydrogens is 254 g/mol. The molecule has 0 aromatic carbocycles. The molecule has 1 saturated heterocycles. The number of carbonyl (C=O) groups is 1. The number of hydrogen-bond donors (Lipinski definition) is 1. The van der Waals surface area contributed by atoms with Crippen molar-refractivity contribution in [2.75, 3.05) is 30.3 Å². The van der Waals surface area contributed by atoms with Gasteiger partial charge in [-0.1, -0.05) is 0 Å². The van der Waals surface area contributed by atoms with Crippen molar-refractivity contribution in [3.63, 3.8) is 0 Å². The number of rotatable bonds is 2. The van der Waals surface area contributed by atoms with E-state index in [0.717, 1.165) is 0 Å². The van der Waals surface area contributed by atoms with Crippen LogP contribution in [0.25, 0.3) is 0 Å². The summed E-state index contributed by atoms with van der Waals surface area (Å²) >= 11 is 0. The molecule has 0 atom stereocenters. The van der Waals surface area contributed by atoms with Gasteiger partial charge in [-0.3, -0.25) is 13.8 Å². The van der Waals surface area contributed by atoms with Crippen LogP contribution in [-0.2, 0) is 22.1 Å². The van der Waals surface area contributed by atoms with Crippen molar-refractivity contribution in [3.05, 3.63) is 28.7 Å². The van der Waals surface area contributed by atoms with Gasteiger partial charge in [0, 0.05) is 53.3 Å². The molecule has 2 heterocycles. The molecule has 0 aliphatic carbocycles. The lowest BCUT2D eigenvalue weighted by Crippen LogP contribution is -2.44. The Balaban J connectivity index is 2.05. The summed E-state index contributed by atoms with van der Waals surface area (Å²) in [6.07, 6.45) is 1.46. The third-order valence-corrected chi connectivity index (χ3v) is 4.12. The third kappa shape index (κ3) is 2.98. The maximum Gasteiger partial charge on any atom is 0.251 e. The molecule has 0 bridgehead atoms. The average Bonchev–Trinajstić information content (AvgIpc) is 2.34. The zero-order valence-corrected chi connectivity index (χ0v) is 10.7. The van der Waals surface area contributed by atoms with E-state index in [4.69, 9.17) is 5.73 Å². The Morgan fingerprint density at radius 2 is 2.00 bits per heavy atom. The molecule has 0 radical (unpaired) electrons. The van der Waals surface area contributed by atoms with E-state index in [1.54, 1.807) is 4.90 Å². The van der Waals surface area contributed by atoms with Crippen molar-refractivity contribution in [1.82, 2.24) is 9.47 Å². The first-order valence-electron chi connectivity index (χ1n) is 5.65. The first-order chi connectivity index (χ1) is 8.56. The highest BCUT2D eigenvalue weighted by atomic mass is 32.2. The molecule has 1 aromatic heterocycles. The molecule has 1 aromatic rings. The molecule has 1 fully saturated rings. The topological polar surface area (TPSA) is 85.4 Å². The maximum absolute atomic E-state index is 12.0. The molecule has 0 spiro atoms. The van der Waals surface area contributed by atoms with E-state index in [2.05, 4.69) is 0 Å². The van der Waals surface area contributed by atoms with Gasteiger partial charge in [-0.05, 0) is 6.07 Å². The van der Waals surface area contributed by atoms with Gasteiger partial charge in [0.15, 0.2) is 0 Å². The summed E-state index contributed by atoms with van der Waals surface area (Å²) < 4.78 is 12.5. The van der Waals surface area contributed by atoms with Crippen molar-refractivity contribution in [2.45, 2.75) is 6.54 Å². The smallest absolute Gasteiger partial charge is 0.251 e. The summed E-state index contributed by atoms with van der Waals surface area (Å²) in [6.45, 7) is 0.960. The molecular formula is C11H15N3O3S. The molecule has 6 nitrogen and oxygen atoms in total. The zero-order valence-electron chi connectivity index (χ0n) is 9.87. The number of carbonyl (C=O) groups excluding carboxylic acids is 1. The lowest BCUT2D eigenvalue weighted by Gasteiger charge is -2.26. The Hall–Kier alpha value is -1.63. The monoisotopic (exact) mass is 269 g/mol. The highest BCUT2D eigenvalue weighted by Crippen LogP contribution is 2.02. The third-order valence-electron chi connectivity index (χ3n) is 2.84. The summed E-state index contributed by atoms with van der Waals surface area (Å²) in [4.78, 5) is 25.1. The predicted octanol–water partition coefficient (Wildman–Crippen LogP) is -0.979. The van der Waals surface area contributed by atoms with Crippen molar-refractivity contribution < 1.29 is 9.00 Å². The van der Waals surface area contributed by atoms with Gasteiger partial charge in [0.1, 0.15) is 6.54 Å². The minimum Gasteiger partial charge on any atom is -0.398 e. The summed E-state index contributed by atoms with van der Waals surface area (Å²) in [7, 11) is -0.814. The fraction of sp³-hybridized carbons (Fsp3) is 0.455. The number of amides is 1. The van der Waals surface area contributed by atoms with Crippen LogP contribution in [0.4, 0.5) is 5.69 Å². The Kier molecular flexibility index (Phi) is 3.81. The molecule has 7 heteroatoms. The van der Waals surface area contributed by atoms with Gasteiger partial charge in [-0.2, -0.15) is 0 Å². The van der Waals surface area contributed by atoms with Crippen LogP contribution in [0.3, 0.4) is 0 Å². The molecule has 1 aliphatic rings. The summed E-state index contributed by atoms with van der Waals surface area (Å²) in [6, 6.07) is 2.85. The fourth-order valence-corrected chi connectivity index (χ4v) is 2.86. The van der Waals surface area contributed by atoms with E-state index in [-0.39, 0.29) is 18.0 Å². The first kappa shape index (κ1) is 12.8. The number of pyridine rings is 1. The number of hydrogen-bond acceptors (Lipinski definition) is 4. The van der Waals surface area contributed by atoms with E-state index in [0.29, 0.717) is 30.3 Å². The average molecular weight is 269 g/mol. The second kappa shape index (κ2) is 5.34. The standard InChI is InChI=1S/C11H15N3O3S/c12-9-1-2-10(15)14(7-9)8-11(16)13-3-5-18(17)6-4-13/h1-2,7H,3-6,8,12H2. The summed E-state index contributed by atoms with van der Waals surface area (Å²) in [5, 5.41) is 0. The lowest BCUT2D eigenvalue weighted by atomic mass is 10.4. The summed E-state index contributed by atoms with van der Waals surface area (Å²) in [5.74, 6) is 0.884. The van der Waals surface area contributed by atoms with Crippen LogP contribution in [-0.4, -0.2) is 44.2 Å². The molecule has 98 valence electrons. The lowest BCUT2D eigenvalue weighted by molar-refractivity contribution is -0.131. The van der Waals surface area contributed by atoms with E-state index in [9.17, 15) is 13.8 Å². The second-order valence-corrected chi connectivity index (χ2v) is 5.85. The van der Waals surface area contributed by atoms with Gasteiger partial charge in [0.2, 0.25) is 5.91 Å². The maximum atomic E-state index is 12.0. The number of anilines is 1. The normalized spacial score (nSPS) is 16.8. The molecule has 0 unspecified atom stereocenters. The van der Waals surface area contributed by atoms with Crippen molar-refractivity contribution in [2.24, 2.45) is 0 Å². The van der Waals surface area contributed by atoms with Crippen LogP contribution in [0.15, 0.2) is 23.1 Å². The van der Waals surface area contributed by atoms with Gasteiger partial charge in [-0.15, -0.1) is 0 Å². The van der Waals surface area contributed by atoms with Gasteiger partial charge in [0.25, 0.3) is 5.56 Å². The minimum atomic E-state index is -0.814. The highest BCUT2D eigenvalue weighted by Gasteiger charge is 2.20. The Morgan fingerprint density at radius 1 is 1.33 bits per heavy atom. The minimum absolute atomic E-state index is 0.0174. The van der Waals surface area contributed by atoms with Gasteiger partial charge in [-0.25, -0.2) is 0 Å². The Morgan fingerprint density at radius 3 is 2.67 bits per heavy atom.